The van der Waals surface area contributed by atoms with Gasteiger partial charge in [-0.2, -0.15) is 0 Å². The minimum absolute atomic E-state index is 0.0641. The van der Waals surface area contributed by atoms with Crippen molar-refractivity contribution in [3.8, 4) is 0 Å². The van der Waals surface area contributed by atoms with Crippen molar-refractivity contribution in [1.82, 2.24) is 10.2 Å². The predicted molar refractivity (Wildman–Crippen MR) is 147 cm³/mol. The molecule has 1 atom stereocenters. The molecule has 0 bridgehead atoms. The summed E-state index contributed by atoms with van der Waals surface area (Å²) in [6, 6.07) is 19.3. The van der Waals surface area contributed by atoms with Crippen LogP contribution in [0.1, 0.15) is 35.1 Å². The summed E-state index contributed by atoms with van der Waals surface area (Å²) in [5.74, 6) is -0.0641. The highest BCUT2D eigenvalue weighted by atomic mass is 32.1. The molecule has 0 saturated carbocycles. The summed E-state index contributed by atoms with van der Waals surface area (Å²) in [4.78, 5) is 18.6. The number of piperidine rings is 1. The number of thiocarbonyl (C=S) groups is 2. The first kappa shape index (κ1) is 22.7. The zero-order valence-electron chi connectivity index (χ0n) is 19.5. The Balaban J connectivity index is 1.27. The quantitative estimate of drug-likeness (QED) is 0.524. The van der Waals surface area contributed by atoms with Gasteiger partial charge in [0.25, 0.3) is 0 Å². The third-order valence-corrected chi connectivity index (χ3v) is 7.99. The molecule has 0 radical (unpaired) electrons. The molecule has 0 unspecified atom stereocenters. The van der Waals surface area contributed by atoms with E-state index in [1.807, 2.05) is 4.90 Å². The van der Waals surface area contributed by atoms with E-state index < -0.39 is 0 Å². The lowest BCUT2D eigenvalue weighted by molar-refractivity contribution is -0.121. The van der Waals surface area contributed by atoms with Gasteiger partial charge >= 0.3 is 0 Å². The summed E-state index contributed by atoms with van der Waals surface area (Å²) in [5.41, 5.74) is 5.95. The molecular weight excluding hydrogens is 474 g/mol. The van der Waals surface area contributed by atoms with Crippen LogP contribution in [0.4, 0.5) is 5.69 Å². The van der Waals surface area contributed by atoms with Crippen molar-refractivity contribution in [2.24, 2.45) is 0 Å². The van der Waals surface area contributed by atoms with Gasteiger partial charge in [-0.15, -0.1) is 0 Å². The third kappa shape index (κ3) is 4.27. The third-order valence-electron chi connectivity index (χ3n) is 7.27. The molecule has 3 aliphatic rings. The zero-order chi connectivity index (χ0) is 23.9. The van der Waals surface area contributed by atoms with Gasteiger partial charge in [-0.3, -0.25) is 9.69 Å². The fourth-order valence-corrected chi connectivity index (χ4v) is 6.07. The Hall–Kier alpha value is -2.71. The van der Waals surface area contributed by atoms with Crippen molar-refractivity contribution in [3.63, 3.8) is 0 Å². The Bertz CT molecular complexity index is 1330. The van der Waals surface area contributed by atoms with Gasteiger partial charge in [0.1, 0.15) is 11.0 Å². The van der Waals surface area contributed by atoms with Crippen LogP contribution in [0.25, 0.3) is 10.8 Å². The molecule has 2 saturated heterocycles. The number of ether oxygens (including phenoxy) is 1. The second kappa shape index (κ2) is 9.39. The number of carbonyl (C=O) groups is 1. The fourth-order valence-electron chi connectivity index (χ4n) is 5.46. The smallest absolute Gasteiger partial charge is 0.247 e. The summed E-state index contributed by atoms with van der Waals surface area (Å²) in [7, 11) is 0. The van der Waals surface area contributed by atoms with Crippen LogP contribution < -0.4 is 10.2 Å². The Labute approximate surface area is 216 Å². The van der Waals surface area contributed by atoms with Crippen LogP contribution in [0, 0.1) is 0 Å². The molecule has 3 aliphatic heterocycles. The lowest BCUT2D eigenvalue weighted by atomic mass is 9.95. The lowest BCUT2D eigenvalue weighted by Gasteiger charge is -2.32. The molecule has 178 valence electrons. The molecule has 35 heavy (non-hydrogen) atoms. The number of nitrogens with zero attached hydrogens (tertiary/aromatic N) is 2. The van der Waals surface area contributed by atoms with Crippen molar-refractivity contribution < 1.29 is 9.53 Å². The molecule has 5 nitrogen and oxygen atoms in total. The van der Waals surface area contributed by atoms with Gasteiger partial charge in [0.05, 0.1) is 23.9 Å². The van der Waals surface area contributed by atoms with Gasteiger partial charge < -0.3 is 15.0 Å². The maximum absolute atomic E-state index is 12.8. The molecular formula is C28H27N3O2S2. The molecule has 0 aromatic heterocycles. The summed E-state index contributed by atoms with van der Waals surface area (Å²) in [6.07, 6.45) is 2.23. The second-order valence-corrected chi connectivity index (χ2v) is 10.4. The lowest BCUT2D eigenvalue weighted by Crippen LogP contribution is -2.53. The Morgan fingerprint density at radius 3 is 2.51 bits per heavy atom. The van der Waals surface area contributed by atoms with E-state index in [0.29, 0.717) is 17.8 Å². The van der Waals surface area contributed by atoms with Crippen LogP contribution in [-0.2, 0) is 22.5 Å². The van der Waals surface area contributed by atoms with Crippen molar-refractivity contribution >= 4 is 56.8 Å². The highest BCUT2D eigenvalue weighted by molar-refractivity contribution is 7.81. The van der Waals surface area contributed by atoms with Crippen LogP contribution in [0.5, 0.6) is 0 Å². The number of hydrogen-bond acceptors (Lipinski definition) is 5. The first-order valence-electron chi connectivity index (χ1n) is 12.2. The Morgan fingerprint density at radius 1 is 0.971 bits per heavy atom. The Morgan fingerprint density at radius 2 is 1.74 bits per heavy atom. The van der Waals surface area contributed by atoms with Gasteiger partial charge in [0.15, 0.2) is 0 Å². The first-order chi connectivity index (χ1) is 17.1. The summed E-state index contributed by atoms with van der Waals surface area (Å²) >= 11 is 11.1. The number of hydrogen-bond donors (Lipinski definition) is 1. The van der Waals surface area contributed by atoms with Gasteiger partial charge in [-0.05, 0) is 41.0 Å². The molecule has 0 spiro atoms. The van der Waals surface area contributed by atoms with Gasteiger partial charge in [-0.1, -0.05) is 73.0 Å². The van der Waals surface area contributed by atoms with E-state index in [-0.39, 0.29) is 11.9 Å². The SMILES string of the molecule is O=C1NC(=S)CC[C@@H]1N1C(=S)c2cccc3c(Cc4ccc(CN5CCOCC5)cc4)ccc1c23. The molecule has 1 amide bonds. The predicted octanol–water partition coefficient (Wildman–Crippen LogP) is 4.36. The topological polar surface area (TPSA) is 44.8 Å². The molecule has 7 heteroatoms. The van der Waals surface area contributed by atoms with Gasteiger partial charge in [-0.25, -0.2) is 0 Å². The van der Waals surface area contributed by atoms with Crippen LogP contribution in [0.2, 0.25) is 0 Å². The molecule has 3 aromatic carbocycles. The van der Waals surface area contributed by atoms with Crippen molar-refractivity contribution in [2.75, 3.05) is 31.2 Å². The standard InChI is InChI=1S/C28H27N3O2S2/c32-27-24(10-11-25(34)29-27)31-23-9-8-20(21-2-1-3-22(26(21)23)28(31)35)16-18-4-6-19(7-5-18)17-30-12-14-33-15-13-30/h1-9,24H,10-17H2,(H,29,32,34)/t24-/m0/s1. The number of anilines is 1. The first-order valence-corrected chi connectivity index (χ1v) is 13.0. The van der Waals surface area contributed by atoms with Gasteiger partial charge in [0, 0.05) is 37.0 Å². The maximum Gasteiger partial charge on any atom is 0.247 e. The van der Waals surface area contributed by atoms with E-state index in [0.717, 1.165) is 60.9 Å². The maximum atomic E-state index is 12.8. The van der Waals surface area contributed by atoms with Crippen molar-refractivity contribution in [1.29, 1.82) is 0 Å². The Kier molecular flexibility index (Phi) is 6.10. The molecule has 6 rings (SSSR count). The number of benzene rings is 3. The number of amides is 1. The van der Waals surface area contributed by atoms with E-state index in [1.54, 1.807) is 0 Å². The number of nitrogens with one attached hydrogen (secondary N) is 1. The minimum atomic E-state index is -0.324. The normalized spacial score (nSPS) is 20.5. The molecule has 3 heterocycles. The fraction of sp³-hybridized carbons (Fsp3) is 0.321. The number of carbonyl (C=O) groups excluding carboxylic acids is 1. The minimum Gasteiger partial charge on any atom is -0.379 e. The molecule has 1 N–H and O–H groups in total. The number of morpholine rings is 1. The molecule has 0 aliphatic carbocycles. The van der Waals surface area contributed by atoms with E-state index in [4.69, 9.17) is 29.2 Å². The van der Waals surface area contributed by atoms with E-state index in [2.05, 4.69) is 64.8 Å². The largest absolute Gasteiger partial charge is 0.379 e. The van der Waals surface area contributed by atoms with Crippen molar-refractivity contribution in [3.05, 3.63) is 76.9 Å². The summed E-state index contributed by atoms with van der Waals surface area (Å²) in [6.45, 7) is 4.61. The van der Waals surface area contributed by atoms with Crippen LogP contribution in [-0.4, -0.2) is 53.1 Å². The van der Waals surface area contributed by atoms with Crippen molar-refractivity contribution in [2.45, 2.75) is 31.8 Å². The second-order valence-electron chi connectivity index (χ2n) is 9.50. The molecule has 2 fully saturated rings. The summed E-state index contributed by atoms with van der Waals surface area (Å²) in [5, 5.41) is 5.20. The average Bonchev–Trinajstić information content (AvgIpc) is 3.15. The molecule has 3 aromatic rings. The van der Waals surface area contributed by atoms with Gasteiger partial charge in [0.2, 0.25) is 5.91 Å². The number of rotatable bonds is 5. The zero-order valence-corrected chi connectivity index (χ0v) is 21.1. The van der Waals surface area contributed by atoms with Crippen LogP contribution in [0.3, 0.4) is 0 Å². The summed E-state index contributed by atoms with van der Waals surface area (Å²) < 4.78 is 5.46. The van der Waals surface area contributed by atoms with E-state index in [9.17, 15) is 4.79 Å². The highest BCUT2D eigenvalue weighted by Gasteiger charge is 2.38. The van der Waals surface area contributed by atoms with Crippen LogP contribution in [0.15, 0.2) is 54.6 Å². The van der Waals surface area contributed by atoms with Crippen LogP contribution >= 0.6 is 24.4 Å². The van der Waals surface area contributed by atoms with E-state index in [1.165, 1.54) is 22.1 Å². The highest BCUT2D eigenvalue weighted by Crippen LogP contribution is 2.41. The average molecular weight is 502 g/mol. The monoisotopic (exact) mass is 501 g/mol. The van der Waals surface area contributed by atoms with E-state index >= 15 is 0 Å².